The number of nitrogens with one attached hydrogen (secondary N) is 2. The molecule has 2 bridgehead atoms. The molecule has 0 radical (unpaired) electrons. The molecule has 4 N–H and O–H groups in total. The minimum Gasteiger partial charge on any atom is -0.475 e. The Bertz CT molecular complexity index is 1560. The van der Waals surface area contributed by atoms with Crippen LogP contribution in [0.4, 0.5) is 26.3 Å². The minimum absolute atomic E-state index is 0.177. The maximum atomic E-state index is 12.5. The van der Waals surface area contributed by atoms with Crippen molar-refractivity contribution in [1.82, 2.24) is 15.5 Å². The number of hydrogen-bond donors (Lipinski definition) is 4. The molecule has 5 rings (SSSR count). The van der Waals surface area contributed by atoms with Crippen LogP contribution in [-0.4, -0.2) is 70.5 Å². The number of fused-ring (bicyclic) bond motifs is 2. The molecule has 3 aromatic carbocycles. The molecule has 2 fully saturated rings. The van der Waals surface area contributed by atoms with Crippen LogP contribution in [0.1, 0.15) is 33.5 Å². The van der Waals surface area contributed by atoms with Crippen molar-refractivity contribution in [3.8, 4) is 17.2 Å². The van der Waals surface area contributed by atoms with Gasteiger partial charge in [-0.1, -0.05) is 42.5 Å². The van der Waals surface area contributed by atoms with Crippen molar-refractivity contribution in [2.24, 2.45) is 0 Å². The van der Waals surface area contributed by atoms with Gasteiger partial charge in [0, 0.05) is 43.8 Å². The molecule has 0 spiro atoms. The quantitative estimate of drug-likeness (QED) is 0.274. The second-order valence-corrected chi connectivity index (χ2v) is 10.3. The fourth-order valence-electron chi connectivity index (χ4n) is 4.80. The van der Waals surface area contributed by atoms with Gasteiger partial charge in [-0.3, -0.25) is 9.69 Å². The Hall–Kier alpha value is -4.94. The van der Waals surface area contributed by atoms with Gasteiger partial charge in [0.1, 0.15) is 0 Å². The molecule has 244 valence electrons. The molecule has 0 aliphatic carbocycles. The van der Waals surface area contributed by atoms with E-state index >= 15 is 0 Å². The average Bonchev–Trinajstić information content (AvgIpc) is 3.63. The first-order chi connectivity index (χ1) is 21.6. The summed E-state index contributed by atoms with van der Waals surface area (Å²) in [5.41, 5.74) is 5.71. The summed E-state index contributed by atoms with van der Waals surface area (Å²) in [6, 6.07) is 27.2. The van der Waals surface area contributed by atoms with E-state index in [1.54, 1.807) is 24.3 Å². The number of rotatable bonds is 6. The summed E-state index contributed by atoms with van der Waals surface area (Å²) in [6.07, 6.45) is -8.89. The highest BCUT2D eigenvalue weighted by atomic mass is 19.4. The Morgan fingerprint density at radius 3 is 1.91 bits per heavy atom. The van der Waals surface area contributed by atoms with Crippen molar-refractivity contribution in [3.63, 3.8) is 0 Å². The molecule has 1 amide bonds. The van der Waals surface area contributed by atoms with Crippen LogP contribution in [0.15, 0.2) is 72.8 Å². The van der Waals surface area contributed by atoms with Crippen LogP contribution in [-0.2, 0) is 22.7 Å². The Morgan fingerprint density at radius 2 is 1.41 bits per heavy atom. The number of aliphatic carboxylic acids is 2. The molecule has 9 nitrogen and oxygen atoms in total. The molecule has 0 saturated carbocycles. The predicted molar refractivity (Wildman–Crippen MR) is 152 cm³/mol. The highest BCUT2D eigenvalue weighted by Crippen LogP contribution is 2.27. The van der Waals surface area contributed by atoms with Crippen molar-refractivity contribution in [2.45, 2.75) is 43.9 Å². The number of halogens is 6. The van der Waals surface area contributed by atoms with Crippen LogP contribution >= 0.6 is 0 Å². The summed E-state index contributed by atoms with van der Waals surface area (Å²) in [7, 11) is 0. The second kappa shape index (κ2) is 15.4. The van der Waals surface area contributed by atoms with Crippen LogP contribution in [0.5, 0.6) is 0 Å². The lowest BCUT2D eigenvalue weighted by molar-refractivity contribution is -0.193. The zero-order valence-electron chi connectivity index (χ0n) is 23.9. The fraction of sp³-hybridized carbons (Fsp3) is 0.290. The number of alkyl halides is 6. The number of nitriles is 1. The summed E-state index contributed by atoms with van der Waals surface area (Å²) < 4.78 is 63.5. The average molecular weight is 651 g/mol. The highest BCUT2D eigenvalue weighted by molar-refractivity contribution is 5.94. The monoisotopic (exact) mass is 650 g/mol. The summed E-state index contributed by atoms with van der Waals surface area (Å²) in [5.74, 6) is -5.69. The van der Waals surface area contributed by atoms with Gasteiger partial charge in [-0.2, -0.15) is 31.6 Å². The maximum Gasteiger partial charge on any atom is 0.490 e. The molecule has 0 unspecified atom stereocenters. The number of hydrogen-bond acceptors (Lipinski definition) is 6. The predicted octanol–water partition coefficient (Wildman–Crippen LogP) is 4.97. The lowest BCUT2D eigenvalue weighted by Gasteiger charge is -2.27. The zero-order valence-corrected chi connectivity index (χ0v) is 23.9. The van der Waals surface area contributed by atoms with E-state index in [1.165, 1.54) is 17.5 Å². The number of carboxylic acids is 2. The normalized spacial score (nSPS) is 17.1. The number of carbonyl (C=O) groups excluding carboxylic acids is 1. The van der Waals surface area contributed by atoms with Crippen LogP contribution in [0, 0.1) is 11.3 Å². The molecule has 2 saturated heterocycles. The third-order valence-corrected chi connectivity index (χ3v) is 6.93. The van der Waals surface area contributed by atoms with E-state index in [-0.39, 0.29) is 5.91 Å². The minimum atomic E-state index is -5.08. The molecule has 3 aromatic rings. The van der Waals surface area contributed by atoms with E-state index in [4.69, 9.17) is 25.1 Å². The highest BCUT2D eigenvalue weighted by Gasteiger charge is 2.39. The lowest BCUT2D eigenvalue weighted by Crippen LogP contribution is -2.42. The van der Waals surface area contributed by atoms with Crippen LogP contribution in [0.3, 0.4) is 0 Å². The maximum absolute atomic E-state index is 12.5. The topological polar surface area (TPSA) is 143 Å². The first kappa shape index (κ1) is 35.5. The summed E-state index contributed by atoms with van der Waals surface area (Å²) >= 11 is 0. The standard InChI is InChI=1S/C27H26N4O.2C2HF3O2/c28-14-19-4-1-9-24(10-19)27(32)30-15-20-5-2-7-22(11-20)23-8-3-6-21(12-23)17-31-18-25-13-26(31)16-29-25;2*3-2(4,5)1(6)7/h1-12,25-26,29H,13,15-18H2,(H,30,32);2*(H,6,7)/t25-,26-;;/m1../s1. The molecule has 2 atom stereocenters. The van der Waals surface area contributed by atoms with Crippen LogP contribution in [0.2, 0.25) is 0 Å². The Labute approximate surface area is 259 Å². The Kier molecular flexibility index (Phi) is 11.9. The number of nitrogens with zero attached hydrogens (tertiary/aromatic N) is 2. The van der Waals surface area contributed by atoms with Crippen LogP contribution < -0.4 is 10.6 Å². The van der Waals surface area contributed by atoms with Gasteiger partial charge in [0.2, 0.25) is 0 Å². The van der Waals surface area contributed by atoms with Gasteiger partial charge >= 0.3 is 24.3 Å². The molecule has 2 aliphatic heterocycles. The lowest BCUT2D eigenvalue weighted by atomic mass is 10.0. The van der Waals surface area contributed by atoms with Gasteiger partial charge in [-0.15, -0.1) is 0 Å². The van der Waals surface area contributed by atoms with E-state index in [0.717, 1.165) is 30.8 Å². The largest absolute Gasteiger partial charge is 0.490 e. The number of carboxylic acid groups (broad SMARTS) is 2. The molecule has 2 heterocycles. The summed E-state index contributed by atoms with van der Waals surface area (Å²) in [6.45, 7) is 3.68. The Balaban J connectivity index is 0.000000345. The zero-order chi connectivity index (χ0) is 34.1. The first-order valence-corrected chi connectivity index (χ1v) is 13.6. The molecule has 15 heteroatoms. The van der Waals surface area contributed by atoms with E-state index in [1.807, 2.05) is 12.1 Å². The second-order valence-electron chi connectivity index (χ2n) is 10.3. The molecule has 0 aromatic heterocycles. The molecular formula is C31H28F6N4O5. The van der Waals surface area contributed by atoms with Gasteiger partial charge in [-0.05, 0) is 59.0 Å². The van der Waals surface area contributed by atoms with Gasteiger partial charge in [0.15, 0.2) is 0 Å². The summed E-state index contributed by atoms with van der Waals surface area (Å²) in [4.78, 5) is 32.9. The number of amides is 1. The van der Waals surface area contributed by atoms with E-state index < -0.39 is 24.3 Å². The molecule has 2 aliphatic rings. The molecule has 46 heavy (non-hydrogen) atoms. The van der Waals surface area contributed by atoms with Crippen molar-refractivity contribution in [3.05, 3.63) is 95.1 Å². The van der Waals surface area contributed by atoms with Gasteiger partial charge in [0.05, 0.1) is 11.6 Å². The third-order valence-electron chi connectivity index (χ3n) is 6.93. The van der Waals surface area contributed by atoms with Crippen LogP contribution in [0.25, 0.3) is 11.1 Å². The number of likely N-dealkylation sites (tertiary alicyclic amines) is 1. The van der Waals surface area contributed by atoms with E-state index in [9.17, 15) is 31.1 Å². The first-order valence-electron chi connectivity index (χ1n) is 13.6. The fourth-order valence-corrected chi connectivity index (χ4v) is 4.80. The van der Waals surface area contributed by atoms with E-state index in [2.05, 4.69) is 58.0 Å². The van der Waals surface area contributed by atoms with Crippen molar-refractivity contribution >= 4 is 17.8 Å². The smallest absolute Gasteiger partial charge is 0.475 e. The number of carbonyl (C=O) groups is 3. The van der Waals surface area contributed by atoms with Gasteiger partial charge in [0.25, 0.3) is 5.91 Å². The van der Waals surface area contributed by atoms with Crippen molar-refractivity contribution in [1.29, 1.82) is 5.26 Å². The SMILES string of the molecule is N#Cc1cccc(C(=O)NCc2cccc(-c3cccc(CN4C[C@H]5C[C@@H]4CN5)c3)c2)c1.O=C(O)C(F)(F)F.O=C(O)C(F)(F)F. The van der Waals surface area contributed by atoms with E-state index in [0.29, 0.717) is 29.8 Å². The van der Waals surface area contributed by atoms with Crippen molar-refractivity contribution < 1.29 is 50.9 Å². The summed E-state index contributed by atoms with van der Waals surface area (Å²) in [5, 5.41) is 29.8. The Morgan fingerprint density at radius 1 is 0.870 bits per heavy atom. The van der Waals surface area contributed by atoms with Gasteiger partial charge < -0.3 is 20.8 Å². The number of piperazine rings is 1. The van der Waals surface area contributed by atoms with Crippen molar-refractivity contribution in [2.75, 3.05) is 13.1 Å². The van der Waals surface area contributed by atoms with Gasteiger partial charge in [-0.25, -0.2) is 9.59 Å². The third kappa shape index (κ3) is 10.6. The molecular weight excluding hydrogens is 622 g/mol. The number of benzene rings is 3.